The van der Waals surface area contributed by atoms with Gasteiger partial charge in [-0.05, 0) is 57.4 Å². The highest BCUT2D eigenvalue weighted by Gasteiger charge is 2.35. The summed E-state index contributed by atoms with van der Waals surface area (Å²) in [7, 11) is -1.81. The van der Waals surface area contributed by atoms with E-state index in [1.54, 1.807) is 24.7 Å². The Morgan fingerprint density at radius 3 is 2.48 bits per heavy atom. The highest BCUT2D eigenvalue weighted by Crippen LogP contribution is 2.33. The summed E-state index contributed by atoms with van der Waals surface area (Å²) in [5, 5.41) is 0. The SMILES string of the molecule is CCC1CCC(OCC2C(NS(C)(=O)=O)CCc3c(OC)cc(C)c(=O)n32)CC1. The molecule has 164 valence electrons. The molecule has 1 aromatic rings. The molecule has 0 saturated heterocycles. The standard InChI is InChI=1S/C21H34N2O5S/c1-5-15-6-8-16(9-7-15)28-13-19-17(22-29(4,25)26)10-11-18-20(27-3)12-14(2)21(24)23(18)19/h12,15-17,19,22H,5-11,13H2,1-4H3. The maximum absolute atomic E-state index is 13.0. The van der Waals surface area contributed by atoms with Crippen molar-refractivity contribution >= 4 is 10.0 Å². The number of rotatable bonds is 7. The lowest BCUT2D eigenvalue weighted by atomic mass is 9.86. The van der Waals surface area contributed by atoms with Gasteiger partial charge in [0, 0.05) is 11.6 Å². The van der Waals surface area contributed by atoms with Crippen molar-refractivity contribution in [1.82, 2.24) is 9.29 Å². The Hall–Kier alpha value is -1.38. The molecule has 8 heteroatoms. The molecule has 0 amide bonds. The van der Waals surface area contributed by atoms with Crippen LogP contribution in [0.1, 0.15) is 62.7 Å². The van der Waals surface area contributed by atoms with E-state index in [2.05, 4.69) is 11.6 Å². The quantitative estimate of drug-likeness (QED) is 0.724. The summed E-state index contributed by atoms with van der Waals surface area (Å²) in [5.74, 6) is 1.45. The van der Waals surface area contributed by atoms with E-state index < -0.39 is 16.1 Å². The molecule has 1 saturated carbocycles. The van der Waals surface area contributed by atoms with Crippen molar-refractivity contribution in [1.29, 1.82) is 0 Å². The minimum atomic E-state index is -3.40. The summed E-state index contributed by atoms with van der Waals surface area (Å²) in [4.78, 5) is 13.0. The molecule has 2 heterocycles. The number of hydrogen-bond donors (Lipinski definition) is 1. The molecule has 2 atom stereocenters. The van der Waals surface area contributed by atoms with Crippen molar-refractivity contribution in [3.8, 4) is 5.75 Å². The Morgan fingerprint density at radius 1 is 1.21 bits per heavy atom. The van der Waals surface area contributed by atoms with Crippen LogP contribution in [0.15, 0.2) is 10.9 Å². The fraction of sp³-hybridized carbons (Fsp3) is 0.762. The van der Waals surface area contributed by atoms with Gasteiger partial charge in [0.05, 0.1) is 37.8 Å². The molecule has 1 aliphatic heterocycles. The maximum Gasteiger partial charge on any atom is 0.254 e. The molecule has 0 radical (unpaired) electrons. The van der Waals surface area contributed by atoms with Crippen LogP contribution >= 0.6 is 0 Å². The van der Waals surface area contributed by atoms with Gasteiger partial charge in [0.15, 0.2) is 0 Å². The van der Waals surface area contributed by atoms with Gasteiger partial charge in [0.25, 0.3) is 5.56 Å². The zero-order valence-electron chi connectivity index (χ0n) is 17.9. The molecular formula is C21H34N2O5S. The third kappa shape index (κ3) is 5.22. The summed E-state index contributed by atoms with van der Waals surface area (Å²) >= 11 is 0. The van der Waals surface area contributed by atoms with Crippen LogP contribution in [0.5, 0.6) is 5.75 Å². The van der Waals surface area contributed by atoms with Crippen molar-refractivity contribution < 1.29 is 17.9 Å². The normalized spacial score (nSPS) is 27.4. The maximum atomic E-state index is 13.0. The van der Waals surface area contributed by atoms with Crippen molar-refractivity contribution in [3.63, 3.8) is 0 Å². The number of pyridine rings is 1. The molecule has 29 heavy (non-hydrogen) atoms. The van der Waals surface area contributed by atoms with Crippen LogP contribution in [0.2, 0.25) is 0 Å². The number of nitrogens with one attached hydrogen (secondary N) is 1. The van der Waals surface area contributed by atoms with Gasteiger partial charge in [-0.3, -0.25) is 4.79 Å². The highest BCUT2D eigenvalue weighted by atomic mass is 32.2. The molecule has 1 fully saturated rings. The number of aryl methyl sites for hydroxylation is 1. The third-order valence-corrected chi connectivity index (χ3v) is 7.16. The molecule has 1 aromatic heterocycles. The van der Waals surface area contributed by atoms with Gasteiger partial charge in [-0.15, -0.1) is 0 Å². The Balaban J connectivity index is 1.87. The minimum absolute atomic E-state index is 0.107. The summed E-state index contributed by atoms with van der Waals surface area (Å²) in [6, 6.07) is 0.995. The molecule has 3 rings (SSSR count). The first-order valence-electron chi connectivity index (χ1n) is 10.6. The van der Waals surface area contributed by atoms with Gasteiger partial charge < -0.3 is 14.0 Å². The number of fused-ring (bicyclic) bond motifs is 1. The van der Waals surface area contributed by atoms with E-state index in [0.29, 0.717) is 30.8 Å². The van der Waals surface area contributed by atoms with Crippen LogP contribution in [-0.2, 0) is 21.2 Å². The van der Waals surface area contributed by atoms with Crippen molar-refractivity contribution in [2.75, 3.05) is 20.0 Å². The lowest BCUT2D eigenvalue weighted by molar-refractivity contribution is -0.00710. The number of aromatic nitrogens is 1. The average Bonchev–Trinajstić information content (AvgIpc) is 2.68. The molecule has 0 aromatic carbocycles. The summed E-state index contributed by atoms with van der Waals surface area (Å²) in [6.07, 6.45) is 8.09. The van der Waals surface area contributed by atoms with E-state index in [1.807, 2.05) is 0 Å². The van der Waals surface area contributed by atoms with Crippen LogP contribution in [0.3, 0.4) is 0 Å². The number of sulfonamides is 1. The summed E-state index contributed by atoms with van der Waals surface area (Å²) in [5.41, 5.74) is 1.29. The molecule has 1 aliphatic carbocycles. The molecular weight excluding hydrogens is 392 g/mol. The number of ether oxygens (including phenoxy) is 2. The molecule has 0 spiro atoms. The van der Waals surface area contributed by atoms with Crippen molar-refractivity contribution in [3.05, 3.63) is 27.7 Å². The Morgan fingerprint density at radius 2 is 1.90 bits per heavy atom. The first-order valence-corrected chi connectivity index (χ1v) is 12.5. The highest BCUT2D eigenvalue weighted by molar-refractivity contribution is 7.88. The topological polar surface area (TPSA) is 86.6 Å². The second kappa shape index (κ2) is 9.18. The number of hydrogen-bond acceptors (Lipinski definition) is 5. The number of nitrogens with zero attached hydrogens (tertiary/aromatic N) is 1. The second-order valence-corrected chi connectivity index (χ2v) is 10.3. The van der Waals surface area contributed by atoms with E-state index in [1.165, 1.54) is 19.3 Å². The zero-order valence-corrected chi connectivity index (χ0v) is 18.8. The van der Waals surface area contributed by atoms with E-state index in [0.717, 1.165) is 30.7 Å². The lowest BCUT2D eigenvalue weighted by Gasteiger charge is -2.37. The summed E-state index contributed by atoms with van der Waals surface area (Å²) in [6.45, 7) is 4.30. The van der Waals surface area contributed by atoms with Gasteiger partial charge in [-0.2, -0.15) is 0 Å². The predicted octanol–water partition coefficient (Wildman–Crippen LogP) is 2.56. The molecule has 2 unspecified atom stereocenters. The van der Waals surface area contributed by atoms with Gasteiger partial charge in [-0.1, -0.05) is 13.3 Å². The van der Waals surface area contributed by atoms with Crippen LogP contribution < -0.4 is 15.0 Å². The zero-order chi connectivity index (χ0) is 21.2. The third-order valence-electron chi connectivity index (χ3n) is 6.43. The van der Waals surface area contributed by atoms with E-state index in [-0.39, 0.29) is 17.7 Å². The molecule has 0 bridgehead atoms. The Bertz CT molecular complexity index is 872. The van der Waals surface area contributed by atoms with E-state index in [4.69, 9.17) is 9.47 Å². The summed E-state index contributed by atoms with van der Waals surface area (Å²) < 4.78 is 40.1. The molecule has 7 nitrogen and oxygen atoms in total. The largest absolute Gasteiger partial charge is 0.495 e. The van der Waals surface area contributed by atoms with Crippen LogP contribution in [0, 0.1) is 12.8 Å². The Labute approximate surface area is 173 Å². The average molecular weight is 427 g/mol. The molecule has 2 aliphatic rings. The first-order chi connectivity index (χ1) is 13.7. The van der Waals surface area contributed by atoms with Gasteiger partial charge >= 0.3 is 0 Å². The lowest BCUT2D eigenvalue weighted by Crippen LogP contribution is -2.50. The van der Waals surface area contributed by atoms with Crippen LogP contribution in [-0.4, -0.2) is 45.1 Å². The minimum Gasteiger partial charge on any atom is -0.495 e. The monoisotopic (exact) mass is 426 g/mol. The van der Waals surface area contributed by atoms with Gasteiger partial charge in [-0.25, -0.2) is 13.1 Å². The van der Waals surface area contributed by atoms with Crippen molar-refractivity contribution in [2.45, 2.75) is 77.0 Å². The van der Waals surface area contributed by atoms with E-state index in [9.17, 15) is 13.2 Å². The number of methoxy groups -OCH3 is 1. The first kappa shape index (κ1) is 22.3. The van der Waals surface area contributed by atoms with Gasteiger partial charge in [0.2, 0.25) is 10.0 Å². The molecule has 1 N–H and O–H groups in total. The fourth-order valence-electron chi connectivity index (χ4n) is 4.75. The van der Waals surface area contributed by atoms with Crippen LogP contribution in [0.4, 0.5) is 0 Å². The smallest absolute Gasteiger partial charge is 0.254 e. The Kier molecular flexibility index (Phi) is 7.06. The van der Waals surface area contributed by atoms with E-state index >= 15 is 0 Å². The van der Waals surface area contributed by atoms with Gasteiger partial charge in [0.1, 0.15) is 5.75 Å². The predicted molar refractivity (Wildman–Crippen MR) is 113 cm³/mol. The van der Waals surface area contributed by atoms with Crippen molar-refractivity contribution in [2.24, 2.45) is 5.92 Å². The van der Waals surface area contributed by atoms with Crippen LogP contribution in [0.25, 0.3) is 0 Å². The second-order valence-electron chi connectivity index (χ2n) is 8.50. The fourth-order valence-corrected chi connectivity index (χ4v) is 5.58.